The average molecular weight is 545 g/mol. The van der Waals surface area contributed by atoms with E-state index in [1.54, 1.807) is 62.7 Å². The lowest BCUT2D eigenvalue weighted by atomic mass is 9.99. The normalized spacial score (nSPS) is 12.8. The zero-order chi connectivity index (χ0) is 28.3. The Balaban J connectivity index is 1.93. The Morgan fingerprint density at radius 1 is 1.13 bits per heavy atom. The largest absolute Gasteiger partial charge is 0.416 e. The highest BCUT2D eigenvalue weighted by Crippen LogP contribution is 2.32. The van der Waals surface area contributed by atoms with Crippen molar-refractivity contribution in [2.24, 2.45) is 0 Å². The Hall–Kier alpha value is -4.04. The fraction of sp³-hybridized carbons (Fsp3) is 0.259. The predicted octanol–water partition coefficient (Wildman–Crippen LogP) is 4.63. The number of nitriles is 1. The second-order valence-electron chi connectivity index (χ2n) is 8.70. The first-order chi connectivity index (χ1) is 17.8. The van der Waals surface area contributed by atoms with Crippen LogP contribution in [-0.4, -0.2) is 19.5 Å². The number of pyridine rings is 1. The van der Waals surface area contributed by atoms with E-state index in [-0.39, 0.29) is 23.2 Å². The van der Waals surface area contributed by atoms with Crippen molar-refractivity contribution in [1.29, 1.82) is 5.26 Å². The van der Waals surface area contributed by atoms with Gasteiger partial charge in [0.15, 0.2) is 6.19 Å². The molecule has 7 nitrogen and oxygen atoms in total. The Labute approximate surface area is 219 Å². The Morgan fingerprint density at radius 3 is 2.34 bits per heavy atom. The molecule has 0 bridgehead atoms. The lowest BCUT2D eigenvalue weighted by molar-refractivity contribution is -0.137. The van der Waals surface area contributed by atoms with Gasteiger partial charge in [0.2, 0.25) is 5.43 Å². The zero-order valence-corrected chi connectivity index (χ0v) is 22.1. The van der Waals surface area contributed by atoms with Crippen molar-refractivity contribution < 1.29 is 22.2 Å². The summed E-state index contributed by atoms with van der Waals surface area (Å²) >= 11 is 0. The van der Waals surface area contributed by atoms with Crippen molar-refractivity contribution >= 4 is 20.5 Å². The maximum absolute atomic E-state index is 13.3. The number of carbonyl (C=O) groups excluding carboxylic acids is 1. The summed E-state index contributed by atoms with van der Waals surface area (Å²) in [5.41, 5.74) is -0.556. The van der Waals surface area contributed by atoms with Crippen molar-refractivity contribution in [3.63, 3.8) is 0 Å². The number of benzene rings is 2. The molecule has 2 N–H and O–H groups in total. The van der Waals surface area contributed by atoms with Crippen LogP contribution in [0.1, 0.15) is 48.0 Å². The van der Waals surface area contributed by atoms with Gasteiger partial charge in [-0.15, -0.1) is 0 Å². The van der Waals surface area contributed by atoms with Gasteiger partial charge in [0.05, 0.1) is 20.2 Å². The summed E-state index contributed by atoms with van der Waals surface area (Å²) in [5, 5.41) is 11.6. The van der Waals surface area contributed by atoms with E-state index in [9.17, 15) is 27.0 Å². The van der Waals surface area contributed by atoms with Crippen LogP contribution in [0.15, 0.2) is 64.4 Å². The maximum atomic E-state index is 13.3. The Morgan fingerprint density at radius 2 is 1.79 bits per heavy atom. The van der Waals surface area contributed by atoms with E-state index >= 15 is 0 Å². The molecule has 1 amide bonds. The second kappa shape index (κ2) is 11.1. The van der Waals surface area contributed by atoms with Gasteiger partial charge in [-0.05, 0) is 63.1 Å². The Bertz CT molecular complexity index is 1590. The first kappa shape index (κ1) is 28.5. The van der Waals surface area contributed by atoms with Gasteiger partial charge in [-0.25, -0.2) is 8.93 Å². The van der Waals surface area contributed by atoms with E-state index in [2.05, 4.69) is 10.0 Å². The van der Waals surface area contributed by atoms with E-state index in [0.717, 1.165) is 12.1 Å². The summed E-state index contributed by atoms with van der Waals surface area (Å²) in [6.45, 7) is 7.16. The molecule has 2 aromatic carbocycles. The maximum Gasteiger partial charge on any atom is 0.416 e. The molecule has 38 heavy (non-hydrogen) atoms. The molecule has 0 fully saturated rings. The van der Waals surface area contributed by atoms with Crippen LogP contribution >= 0.6 is 0 Å². The second-order valence-corrected chi connectivity index (χ2v) is 11.3. The van der Waals surface area contributed by atoms with Crippen LogP contribution in [0.2, 0.25) is 0 Å². The molecule has 0 aliphatic carbocycles. The number of nitrogens with zero attached hydrogens (tertiary/aromatic N) is 2. The number of nitrogens with one attached hydrogen (secondary N) is 2. The fourth-order valence-electron chi connectivity index (χ4n) is 3.97. The summed E-state index contributed by atoms with van der Waals surface area (Å²) in [5.74, 6) is -0.679. The van der Waals surface area contributed by atoms with Crippen LogP contribution in [0, 0.1) is 18.4 Å². The molecule has 3 rings (SSSR count). The first-order valence-electron chi connectivity index (χ1n) is 11.6. The highest BCUT2D eigenvalue weighted by molar-refractivity contribution is 8.00. The van der Waals surface area contributed by atoms with Gasteiger partial charge in [-0.1, -0.05) is 24.3 Å². The van der Waals surface area contributed by atoms with E-state index in [4.69, 9.17) is 5.26 Å². The fourth-order valence-corrected chi connectivity index (χ4v) is 5.41. The molecule has 200 valence electrons. The van der Waals surface area contributed by atoms with Crippen LogP contribution in [0.3, 0.4) is 0 Å². The number of aromatic nitrogens is 1. The summed E-state index contributed by atoms with van der Waals surface area (Å²) in [6.07, 6.45) is -1.47. The van der Waals surface area contributed by atoms with Crippen LogP contribution < -0.4 is 15.5 Å². The third-order valence-electron chi connectivity index (χ3n) is 6.09. The van der Waals surface area contributed by atoms with Crippen LogP contribution in [0.25, 0.3) is 11.1 Å². The van der Waals surface area contributed by atoms with Crippen molar-refractivity contribution in [2.75, 3.05) is 0 Å². The van der Waals surface area contributed by atoms with Gasteiger partial charge in [-0.3, -0.25) is 9.59 Å². The molecule has 0 aliphatic rings. The SMILES string of the molecule is CCn1cc(C(=O)NCc2ccc(S(=O)(NC#N)=C(C)C)cc2)c(=O)c(-c2cccc(C(F)(F)F)c2)c1C. The Kier molecular flexibility index (Phi) is 8.37. The lowest BCUT2D eigenvalue weighted by Gasteiger charge is -2.17. The first-order valence-corrected chi connectivity index (χ1v) is 13.2. The summed E-state index contributed by atoms with van der Waals surface area (Å²) in [4.78, 5) is 27.3. The summed E-state index contributed by atoms with van der Waals surface area (Å²) in [6, 6.07) is 10.9. The van der Waals surface area contributed by atoms with Crippen LogP contribution in [0.5, 0.6) is 0 Å². The number of amides is 1. The molecule has 1 aromatic heterocycles. The average Bonchev–Trinajstić information content (AvgIpc) is 2.87. The summed E-state index contributed by atoms with van der Waals surface area (Å²) < 4.78 is 56.9. The van der Waals surface area contributed by atoms with E-state index < -0.39 is 32.8 Å². The minimum atomic E-state index is -4.58. The van der Waals surface area contributed by atoms with Gasteiger partial charge in [0.1, 0.15) is 5.56 Å². The number of aryl methyl sites for hydroxylation is 1. The third-order valence-corrected chi connectivity index (χ3v) is 8.55. The minimum absolute atomic E-state index is 0.0286. The minimum Gasteiger partial charge on any atom is -0.350 e. The number of alkyl halides is 3. The molecular formula is C27H27F3N4O3S. The van der Waals surface area contributed by atoms with Gasteiger partial charge in [0, 0.05) is 35.4 Å². The molecule has 1 unspecified atom stereocenters. The predicted molar refractivity (Wildman–Crippen MR) is 141 cm³/mol. The standard InChI is InChI=1S/C27H27F3N4O3S/c1-5-34-15-23(25(35)24(18(34)4)20-7-6-8-21(13-20)27(28,29)30)26(36)32-14-19-9-11-22(12-10-19)38(37,17(2)3)33-16-31/h6-13,15H,5,14H2,1-4H3,(H,32,36)(H,33,37). The molecule has 1 heterocycles. The van der Waals surface area contributed by atoms with Crippen molar-refractivity contribution in [3.8, 4) is 17.3 Å². The number of halogens is 3. The quantitative estimate of drug-likeness (QED) is 0.257. The molecule has 1 atom stereocenters. The smallest absolute Gasteiger partial charge is 0.350 e. The van der Waals surface area contributed by atoms with E-state index in [1.807, 2.05) is 0 Å². The zero-order valence-electron chi connectivity index (χ0n) is 21.3. The molecule has 0 spiro atoms. The van der Waals surface area contributed by atoms with Crippen molar-refractivity contribution in [2.45, 2.75) is 51.9 Å². The molecule has 0 aliphatic heterocycles. The van der Waals surface area contributed by atoms with Gasteiger partial charge >= 0.3 is 6.18 Å². The molecule has 0 saturated carbocycles. The number of carbonyl (C=O) groups is 1. The third kappa shape index (κ3) is 5.75. The van der Waals surface area contributed by atoms with Gasteiger partial charge in [-0.2, -0.15) is 18.4 Å². The number of hydrogen-bond acceptors (Lipinski definition) is 4. The highest BCUT2D eigenvalue weighted by atomic mass is 32.2. The number of hydrogen-bond donors (Lipinski definition) is 2. The van der Waals surface area contributed by atoms with Crippen molar-refractivity contribution in [3.05, 3.63) is 87.3 Å². The van der Waals surface area contributed by atoms with E-state index in [1.165, 1.54) is 18.3 Å². The van der Waals surface area contributed by atoms with E-state index in [0.29, 0.717) is 27.6 Å². The monoisotopic (exact) mass is 544 g/mol. The van der Waals surface area contributed by atoms with Gasteiger partial charge in [0.25, 0.3) is 5.91 Å². The number of rotatable bonds is 7. The van der Waals surface area contributed by atoms with Crippen LogP contribution in [0.4, 0.5) is 13.2 Å². The topological polar surface area (TPSA) is 104 Å². The molecule has 11 heteroatoms. The van der Waals surface area contributed by atoms with Crippen LogP contribution in [-0.2, 0) is 29.0 Å². The lowest BCUT2D eigenvalue weighted by Crippen LogP contribution is -2.31. The van der Waals surface area contributed by atoms with Crippen molar-refractivity contribution in [1.82, 2.24) is 14.6 Å². The molecule has 0 saturated heterocycles. The summed E-state index contributed by atoms with van der Waals surface area (Å²) in [7, 11) is -2.88. The highest BCUT2D eigenvalue weighted by Gasteiger charge is 2.31. The molecule has 3 aromatic rings. The molecular weight excluding hydrogens is 517 g/mol. The van der Waals surface area contributed by atoms with Gasteiger partial charge < -0.3 is 9.88 Å². The molecule has 0 radical (unpaired) electrons.